The van der Waals surface area contributed by atoms with E-state index in [2.05, 4.69) is 10.2 Å². The van der Waals surface area contributed by atoms with Crippen LogP contribution in [0.15, 0.2) is 38.9 Å². The Labute approximate surface area is 148 Å². The number of thioether (sulfide) groups is 1. The number of methoxy groups -OCH3 is 1. The predicted octanol–water partition coefficient (Wildman–Crippen LogP) is 3.10. The molecule has 3 aromatic rings. The molecule has 1 aromatic carbocycles. The molecule has 25 heavy (non-hydrogen) atoms. The number of rotatable bonds is 3. The van der Waals surface area contributed by atoms with Crippen LogP contribution in [0.2, 0.25) is 0 Å². The number of aromatic nitrogens is 3. The first kappa shape index (κ1) is 15.8. The molecule has 4 rings (SSSR count). The number of ether oxygens (including phenoxy) is 1. The molecular formula is C17H17N5O2S. The smallest absolute Gasteiger partial charge is 0.212 e. The summed E-state index contributed by atoms with van der Waals surface area (Å²) in [6, 6.07) is 7.63. The van der Waals surface area contributed by atoms with Gasteiger partial charge in [-0.05, 0) is 38.1 Å². The number of furan rings is 1. The molecule has 0 bridgehead atoms. The highest BCUT2D eigenvalue weighted by molar-refractivity contribution is 7.99. The summed E-state index contributed by atoms with van der Waals surface area (Å²) in [7, 11) is 1.60. The maximum Gasteiger partial charge on any atom is 0.212 e. The van der Waals surface area contributed by atoms with Crippen molar-refractivity contribution in [2.75, 3.05) is 18.6 Å². The van der Waals surface area contributed by atoms with Gasteiger partial charge in [0.15, 0.2) is 5.82 Å². The Kier molecular flexibility index (Phi) is 3.76. The normalized spacial score (nSPS) is 13.5. The molecule has 0 unspecified atom stereocenters. The number of nitrogen functional groups attached to an aromatic ring is 1. The van der Waals surface area contributed by atoms with Gasteiger partial charge in [-0.2, -0.15) is 9.78 Å². The van der Waals surface area contributed by atoms with Gasteiger partial charge in [0.05, 0.1) is 24.1 Å². The van der Waals surface area contributed by atoms with Crippen molar-refractivity contribution in [2.24, 2.45) is 5.10 Å². The van der Waals surface area contributed by atoms with Crippen LogP contribution in [-0.2, 0) is 0 Å². The second-order valence-electron chi connectivity index (χ2n) is 5.74. The third-order valence-electron chi connectivity index (χ3n) is 4.02. The summed E-state index contributed by atoms with van der Waals surface area (Å²) in [5.74, 6) is 3.67. The van der Waals surface area contributed by atoms with Gasteiger partial charge in [-0.25, -0.2) is 0 Å². The predicted molar refractivity (Wildman–Crippen MR) is 97.3 cm³/mol. The number of fused-ring (bicyclic) bond motifs is 1. The van der Waals surface area contributed by atoms with E-state index in [1.807, 2.05) is 38.1 Å². The average molecular weight is 355 g/mol. The molecule has 0 aliphatic carbocycles. The summed E-state index contributed by atoms with van der Waals surface area (Å²) in [5, 5.41) is 14.0. The highest BCUT2D eigenvalue weighted by atomic mass is 32.2. The van der Waals surface area contributed by atoms with Crippen LogP contribution in [-0.4, -0.2) is 33.4 Å². The molecule has 0 atom stereocenters. The molecule has 2 N–H and O–H groups in total. The van der Waals surface area contributed by atoms with Gasteiger partial charge in [0.2, 0.25) is 5.16 Å². The van der Waals surface area contributed by atoms with Gasteiger partial charge < -0.3 is 14.9 Å². The Hall–Kier alpha value is -2.74. The van der Waals surface area contributed by atoms with Crippen molar-refractivity contribution >= 4 is 23.2 Å². The molecule has 0 amide bonds. The van der Waals surface area contributed by atoms with E-state index in [-0.39, 0.29) is 0 Å². The van der Waals surface area contributed by atoms with E-state index >= 15 is 0 Å². The third-order valence-corrected chi connectivity index (χ3v) is 4.95. The van der Waals surface area contributed by atoms with E-state index in [0.29, 0.717) is 23.0 Å². The van der Waals surface area contributed by atoms with E-state index in [1.165, 1.54) is 0 Å². The summed E-state index contributed by atoms with van der Waals surface area (Å²) in [6.07, 6.45) is 0. The number of nitrogens with zero attached hydrogens (tertiary/aromatic N) is 4. The SMILES string of the molecule is COc1ccc(C2=Nn3c(nnc3-c3cc(C)oc3C)SC2)cc1N. The molecule has 128 valence electrons. The molecule has 2 aromatic heterocycles. The largest absolute Gasteiger partial charge is 0.495 e. The first-order valence-corrected chi connectivity index (χ1v) is 8.72. The third kappa shape index (κ3) is 2.68. The molecular weight excluding hydrogens is 338 g/mol. The Bertz CT molecular complexity index is 989. The van der Waals surface area contributed by atoms with E-state index < -0.39 is 0 Å². The van der Waals surface area contributed by atoms with Gasteiger partial charge in [-0.1, -0.05) is 11.8 Å². The van der Waals surface area contributed by atoms with Crippen LogP contribution in [0.5, 0.6) is 5.75 Å². The van der Waals surface area contributed by atoms with Crippen molar-refractivity contribution < 1.29 is 9.15 Å². The second-order valence-corrected chi connectivity index (χ2v) is 6.68. The molecule has 0 radical (unpaired) electrons. The lowest BCUT2D eigenvalue weighted by atomic mass is 10.1. The van der Waals surface area contributed by atoms with Crippen molar-refractivity contribution in [3.8, 4) is 17.1 Å². The van der Waals surface area contributed by atoms with E-state index in [4.69, 9.17) is 20.0 Å². The molecule has 0 saturated heterocycles. The lowest BCUT2D eigenvalue weighted by Gasteiger charge is -2.14. The van der Waals surface area contributed by atoms with Crippen LogP contribution in [0.25, 0.3) is 11.4 Å². The molecule has 1 aliphatic rings. The van der Waals surface area contributed by atoms with Crippen LogP contribution in [0.3, 0.4) is 0 Å². The highest BCUT2D eigenvalue weighted by Crippen LogP contribution is 2.32. The number of hydrogen-bond donors (Lipinski definition) is 1. The fourth-order valence-electron chi connectivity index (χ4n) is 2.80. The van der Waals surface area contributed by atoms with Crippen molar-refractivity contribution in [1.29, 1.82) is 0 Å². The summed E-state index contributed by atoms with van der Waals surface area (Å²) >= 11 is 1.59. The Balaban J connectivity index is 1.79. The van der Waals surface area contributed by atoms with Crippen LogP contribution in [0.4, 0.5) is 5.69 Å². The number of benzene rings is 1. The van der Waals surface area contributed by atoms with Crippen LogP contribution in [0.1, 0.15) is 17.1 Å². The molecule has 0 fully saturated rings. The summed E-state index contributed by atoms with van der Waals surface area (Å²) in [6.45, 7) is 3.82. The van der Waals surface area contributed by atoms with Crippen LogP contribution < -0.4 is 10.5 Å². The fourth-order valence-corrected chi connectivity index (χ4v) is 3.64. The molecule has 1 aliphatic heterocycles. The molecule has 7 nitrogen and oxygen atoms in total. The molecule has 0 saturated carbocycles. The maximum absolute atomic E-state index is 6.03. The zero-order valence-corrected chi connectivity index (χ0v) is 14.9. The van der Waals surface area contributed by atoms with Crippen LogP contribution >= 0.6 is 11.8 Å². The first-order chi connectivity index (χ1) is 12.1. The number of nitrogens with two attached hydrogens (primary N) is 1. The van der Waals surface area contributed by atoms with E-state index in [1.54, 1.807) is 23.5 Å². The lowest BCUT2D eigenvalue weighted by molar-refractivity contribution is 0.417. The van der Waals surface area contributed by atoms with Crippen molar-refractivity contribution in [2.45, 2.75) is 19.0 Å². The fraction of sp³-hybridized carbons (Fsp3) is 0.235. The quantitative estimate of drug-likeness (QED) is 0.726. The van der Waals surface area contributed by atoms with Crippen molar-refractivity contribution in [3.63, 3.8) is 0 Å². The molecule has 0 spiro atoms. The minimum atomic E-state index is 0.587. The standard InChI is InChI=1S/C17H17N5O2S/c1-9-6-12(10(2)24-9)16-19-20-17-22(16)21-14(8-25-17)11-4-5-15(23-3)13(18)7-11/h4-7H,8,18H2,1-3H3. The number of hydrogen-bond acceptors (Lipinski definition) is 7. The minimum absolute atomic E-state index is 0.587. The zero-order chi connectivity index (χ0) is 17.6. The maximum atomic E-state index is 6.03. The molecule has 8 heteroatoms. The molecule has 3 heterocycles. The summed E-state index contributed by atoms with van der Waals surface area (Å²) in [4.78, 5) is 0. The number of anilines is 1. The average Bonchev–Trinajstić information content (AvgIpc) is 3.16. The van der Waals surface area contributed by atoms with E-state index in [9.17, 15) is 0 Å². The monoisotopic (exact) mass is 355 g/mol. The topological polar surface area (TPSA) is 91.5 Å². The van der Waals surface area contributed by atoms with Gasteiger partial charge in [0.25, 0.3) is 0 Å². The summed E-state index contributed by atoms with van der Waals surface area (Å²) < 4.78 is 12.6. The highest BCUT2D eigenvalue weighted by Gasteiger charge is 2.23. The van der Waals surface area contributed by atoms with Gasteiger partial charge in [-0.3, -0.25) is 0 Å². The number of aryl methyl sites for hydroxylation is 2. The summed E-state index contributed by atoms with van der Waals surface area (Å²) in [5.41, 5.74) is 9.37. The Morgan fingerprint density at radius 1 is 1.24 bits per heavy atom. The van der Waals surface area contributed by atoms with Gasteiger partial charge in [0.1, 0.15) is 17.3 Å². The van der Waals surface area contributed by atoms with Gasteiger partial charge >= 0.3 is 0 Å². The lowest BCUT2D eigenvalue weighted by Crippen LogP contribution is -2.14. The van der Waals surface area contributed by atoms with E-state index in [0.717, 1.165) is 33.5 Å². The Morgan fingerprint density at radius 2 is 2.08 bits per heavy atom. The first-order valence-electron chi connectivity index (χ1n) is 7.74. The van der Waals surface area contributed by atoms with Crippen LogP contribution in [0, 0.1) is 13.8 Å². The minimum Gasteiger partial charge on any atom is -0.495 e. The van der Waals surface area contributed by atoms with Crippen molar-refractivity contribution in [1.82, 2.24) is 14.9 Å². The Morgan fingerprint density at radius 3 is 2.76 bits per heavy atom. The van der Waals surface area contributed by atoms with Gasteiger partial charge in [-0.15, -0.1) is 10.2 Å². The van der Waals surface area contributed by atoms with Crippen molar-refractivity contribution in [3.05, 3.63) is 41.3 Å². The zero-order valence-electron chi connectivity index (χ0n) is 14.1. The second kappa shape index (κ2) is 5.96. The van der Waals surface area contributed by atoms with Gasteiger partial charge in [0, 0.05) is 11.3 Å².